The van der Waals surface area contributed by atoms with Crippen LogP contribution in [0.3, 0.4) is 0 Å². The number of benzene rings is 3. The molecule has 7 heteroatoms. The van der Waals surface area contributed by atoms with Crippen molar-refractivity contribution in [1.82, 2.24) is 15.1 Å². The van der Waals surface area contributed by atoms with E-state index in [9.17, 15) is 19.2 Å². The molecule has 0 bridgehead atoms. The summed E-state index contributed by atoms with van der Waals surface area (Å²) in [5.41, 5.74) is 3.75. The highest BCUT2D eigenvalue weighted by Gasteiger charge is 2.35. The van der Waals surface area contributed by atoms with Gasteiger partial charge in [0.05, 0.1) is 11.1 Å². The monoisotopic (exact) mass is 525 g/mol. The van der Waals surface area contributed by atoms with Crippen molar-refractivity contribution < 1.29 is 19.2 Å². The second-order valence-corrected chi connectivity index (χ2v) is 9.92. The number of fused-ring (bicyclic) bond motifs is 1. The van der Waals surface area contributed by atoms with Gasteiger partial charge in [0.25, 0.3) is 11.8 Å². The summed E-state index contributed by atoms with van der Waals surface area (Å²) in [4.78, 5) is 55.5. The molecule has 3 aromatic rings. The normalized spacial score (nSPS) is 13.2. The van der Waals surface area contributed by atoms with Crippen LogP contribution < -0.4 is 5.32 Å². The first-order valence-corrected chi connectivity index (χ1v) is 13.5. The van der Waals surface area contributed by atoms with Crippen molar-refractivity contribution in [2.75, 3.05) is 13.1 Å². The first kappa shape index (κ1) is 27.8. The lowest BCUT2D eigenvalue weighted by Crippen LogP contribution is -2.50. The Bertz CT molecular complexity index is 1300. The van der Waals surface area contributed by atoms with Gasteiger partial charge in [0.2, 0.25) is 11.8 Å². The maximum Gasteiger partial charge on any atom is 0.261 e. The number of carbonyl (C=O) groups is 4. The number of hydrogen-bond acceptors (Lipinski definition) is 4. The Morgan fingerprint density at radius 2 is 1.51 bits per heavy atom. The van der Waals surface area contributed by atoms with Crippen LogP contribution in [0, 0.1) is 6.92 Å². The van der Waals surface area contributed by atoms with Crippen molar-refractivity contribution >= 4 is 23.6 Å². The van der Waals surface area contributed by atoms with Gasteiger partial charge in [-0.25, -0.2) is 0 Å². The summed E-state index contributed by atoms with van der Waals surface area (Å²) in [5, 5.41) is 2.98. The highest BCUT2D eigenvalue weighted by molar-refractivity contribution is 6.21. The summed E-state index contributed by atoms with van der Waals surface area (Å²) in [6.45, 7) is 4.93. The van der Waals surface area contributed by atoms with E-state index in [1.807, 2.05) is 68.4 Å². The highest BCUT2D eigenvalue weighted by Crippen LogP contribution is 2.23. The quantitative estimate of drug-likeness (QED) is 0.352. The molecule has 1 heterocycles. The average Bonchev–Trinajstić information content (AvgIpc) is 3.19. The van der Waals surface area contributed by atoms with Gasteiger partial charge in [0, 0.05) is 32.5 Å². The van der Waals surface area contributed by atoms with Gasteiger partial charge >= 0.3 is 0 Å². The number of aryl methyl sites for hydroxylation is 1. The predicted octanol–water partition coefficient (Wildman–Crippen LogP) is 4.54. The molecule has 3 aromatic carbocycles. The summed E-state index contributed by atoms with van der Waals surface area (Å²) >= 11 is 0. The molecular formula is C32H35N3O4. The van der Waals surface area contributed by atoms with Crippen LogP contribution in [0.15, 0.2) is 78.9 Å². The summed E-state index contributed by atoms with van der Waals surface area (Å²) < 4.78 is 0. The molecule has 0 aliphatic carbocycles. The van der Waals surface area contributed by atoms with Gasteiger partial charge in [-0.15, -0.1) is 0 Å². The first-order valence-electron chi connectivity index (χ1n) is 13.5. The van der Waals surface area contributed by atoms with Crippen molar-refractivity contribution in [3.05, 3.63) is 107 Å². The van der Waals surface area contributed by atoms with E-state index in [0.717, 1.165) is 23.1 Å². The highest BCUT2D eigenvalue weighted by atomic mass is 16.2. The number of nitrogens with one attached hydrogen (secondary N) is 1. The fourth-order valence-electron chi connectivity index (χ4n) is 4.90. The number of rotatable bonds is 12. The molecule has 1 N–H and O–H groups in total. The minimum atomic E-state index is -0.703. The fraction of sp³-hybridized carbons (Fsp3) is 0.312. The van der Waals surface area contributed by atoms with Crippen LogP contribution in [0.4, 0.5) is 0 Å². The molecule has 202 valence electrons. The Hall–Kier alpha value is -4.26. The number of nitrogens with zero attached hydrogens (tertiary/aromatic N) is 2. The lowest BCUT2D eigenvalue weighted by molar-refractivity contribution is -0.141. The molecule has 39 heavy (non-hydrogen) atoms. The summed E-state index contributed by atoms with van der Waals surface area (Å²) in [6.07, 6.45) is 1.58. The van der Waals surface area contributed by atoms with Crippen LogP contribution in [0.1, 0.15) is 63.6 Å². The van der Waals surface area contributed by atoms with Crippen molar-refractivity contribution in [3.8, 4) is 0 Å². The second-order valence-electron chi connectivity index (χ2n) is 9.92. The van der Waals surface area contributed by atoms with E-state index in [4.69, 9.17) is 0 Å². The Morgan fingerprint density at radius 1 is 0.872 bits per heavy atom. The predicted molar refractivity (Wildman–Crippen MR) is 150 cm³/mol. The van der Waals surface area contributed by atoms with Gasteiger partial charge in [-0.1, -0.05) is 79.2 Å². The molecule has 1 aliphatic rings. The molecule has 0 saturated heterocycles. The topological polar surface area (TPSA) is 86.8 Å². The Kier molecular flexibility index (Phi) is 9.26. The van der Waals surface area contributed by atoms with Gasteiger partial charge in [-0.3, -0.25) is 24.1 Å². The molecule has 0 spiro atoms. The van der Waals surface area contributed by atoms with Crippen LogP contribution >= 0.6 is 0 Å². The summed E-state index contributed by atoms with van der Waals surface area (Å²) in [6, 6.07) is 23.6. The Balaban J connectivity index is 1.53. The minimum Gasteiger partial charge on any atom is -0.354 e. The van der Waals surface area contributed by atoms with Crippen LogP contribution in [0.2, 0.25) is 0 Å². The second kappa shape index (κ2) is 13.0. The maximum atomic E-state index is 13.8. The molecule has 1 aliphatic heterocycles. The smallest absolute Gasteiger partial charge is 0.261 e. The largest absolute Gasteiger partial charge is 0.354 e. The zero-order chi connectivity index (χ0) is 27.8. The lowest BCUT2D eigenvalue weighted by atomic mass is 10.0. The minimum absolute atomic E-state index is 0.103. The van der Waals surface area contributed by atoms with E-state index in [2.05, 4.69) is 5.32 Å². The molecule has 4 rings (SSSR count). The number of carbonyl (C=O) groups excluding carboxylic acids is 4. The third kappa shape index (κ3) is 6.79. The number of hydrogen-bond donors (Lipinski definition) is 1. The Labute approximate surface area is 229 Å². The first-order chi connectivity index (χ1) is 18.9. The van der Waals surface area contributed by atoms with Gasteiger partial charge in [-0.05, 0) is 43.0 Å². The summed E-state index contributed by atoms with van der Waals surface area (Å²) in [5.74, 6) is -1.05. The van der Waals surface area contributed by atoms with E-state index in [1.165, 1.54) is 4.90 Å². The maximum absolute atomic E-state index is 13.8. The third-order valence-electron chi connectivity index (χ3n) is 6.91. The molecule has 0 aromatic heterocycles. The van der Waals surface area contributed by atoms with Crippen molar-refractivity contribution in [2.45, 2.75) is 52.1 Å². The summed E-state index contributed by atoms with van der Waals surface area (Å²) in [7, 11) is 0. The zero-order valence-electron chi connectivity index (χ0n) is 22.6. The lowest BCUT2D eigenvalue weighted by Gasteiger charge is -2.32. The molecule has 7 nitrogen and oxygen atoms in total. The van der Waals surface area contributed by atoms with E-state index >= 15 is 0 Å². The van der Waals surface area contributed by atoms with E-state index in [-0.39, 0.29) is 43.1 Å². The van der Waals surface area contributed by atoms with Gasteiger partial charge in [-0.2, -0.15) is 0 Å². The zero-order valence-corrected chi connectivity index (χ0v) is 22.6. The van der Waals surface area contributed by atoms with E-state index < -0.39 is 6.04 Å². The van der Waals surface area contributed by atoms with Crippen molar-refractivity contribution in [3.63, 3.8) is 0 Å². The molecule has 0 radical (unpaired) electrons. The molecule has 1 unspecified atom stereocenters. The van der Waals surface area contributed by atoms with Crippen molar-refractivity contribution in [1.29, 1.82) is 0 Å². The van der Waals surface area contributed by atoms with Crippen LogP contribution in [0.25, 0.3) is 0 Å². The van der Waals surface area contributed by atoms with E-state index in [0.29, 0.717) is 30.5 Å². The fourth-order valence-corrected chi connectivity index (χ4v) is 4.90. The van der Waals surface area contributed by atoms with Crippen molar-refractivity contribution in [2.24, 2.45) is 0 Å². The number of imide groups is 1. The molecular weight excluding hydrogens is 490 g/mol. The SMILES string of the molecule is CCCNC(=O)C(Cc1ccccc1)N(Cc1cccc(C)c1)C(=O)CCCN1C(=O)c2ccccc2C1=O. The number of amides is 4. The van der Waals surface area contributed by atoms with Gasteiger partial charge in [0.15, 0.2) is 0 Å². The van der Waals surface area contributed by atoms with Crippen LogP contribution in [-0.4, -0.2) is 52.6 Å². The standard InChI is InChI=1S/C32H35N3O4/c1-3-18-33-30(37)28(21-24-12-5-4-6-13-24)35(22-25-14-9-11-23(2)20-25)29(36)17-10-19-34-31(38)26-15-7-8-16-27(26)32(34)39/h4-9,11-16,20,28H,3,10,17-19,21-22H2,1-2H3,(H,33,37). The third-order valence-corrected chi connectivity index (χ3v) is 6.91. The van der Waals surface area contributed by atoms with E-state index in [1.54, 1.807) is 29.2 Å². The average molecular weight is 526 g/mol. The molecule has 1 atom stereocenters. The molecule has 0 saturated carbocycles. The Morgan fingerprint density at radius 3 is 2.15 bits per heavy atom. The van der Waals surface area contributed by atoms with Crippen LogP contribution in [-0.2, 0) is 22.6 Å². The van der Waals surface area contributed by atoms with Gasteiger partial charge < -0.3 is 10.2 Å². The van der Waals surface area contributed by atoms with Gasteiger partial charge in [0.1, 0.15) is 6.04 Å². The molecule has 0 fully saturated rings. The molecule has 4 amide bonds. The van der Waals surface area contributed by atoms with Crippen LogP contribution in [0.5, 0.6) is 0 Å².